The molecule has 0 heterocycles. The average Bonchev–Trinajstić information content (AvgIpc) is 2.66. The van der Waals surface area contributed by atoms with Crippen molar-refractivity contribution in [2.24, 2.45) is 5.92 Å². The van der Waals surface area contributed by atoms with Crippen molar-refractivity contribution in [1.29, 1.82) is 0 Å². The summed E-state index contributed by atoms with van der Waals surface area (Å²) >= 11 is 3.72. The molecule has 0 amide bonds. The number of allylic oxidation sites excluding steroid dienone is 1. The number of hydrogen-bond acceptors (Lipinski definition) is 2. The molecule has 9 heavy (non-hydrogen) atoms. The van der Waals surface area contributed by atoms with Gasteiger partial charge in [0.15, 0.2) is 0 Å². The van der Waals surface area contributed by atoms with Crippen molar-refractivity contribution in [3.63, 3.8) is 0 Å². The molecule has 0 nitrogen and oxygen atoms in total. The Bertz CT molecular complexity index is 108. The molecule has 0 spiro atoms. The van der Waals surface area contributed by atoms with E-state index in [-0.39, 0.29) is 0 Å². The molecular weight excluding hydrogens is 148 g/mol. The molecule has 2 heteroatoms. The van der Waals surface area contributed by atoms with Crippen molar-refractivity contribution in [2.45, 2.75) is 12.8 Å². The molecule has 0 radical (unpaired) electrons. The zero-order chi connectivity index (χ0) is 6.69. The molecule has 1 aliphatic rings. The topological polar surface area (TPSA) is 0 Å². The van der Waals surface area contributed by atoms with Crippen molar-refractivity contribution < 1.29 is 0 Å². The highest BCUT2D eigenvalue weighted by Crippen LogP contribution is 2.35. The van der Waals surface area contributed by atoms with Gasteiger partial charge in [-0.05, 0) is 31.3 Å². The quantitative estimate of drug-likeness (QED) is 0.622. The van der Waals surface area contributed by atoms with Crippen LogP contribution >= 0.6 is 23.5 Å². The lowest BCUT2D eigenvalue weighted by atomic mass is 10.4. The highest BCUT2D eigenvalue weighted by Gasteiger charge is 2.18. The summed E-state index contributed by atoms with van der Waals surface area (Å²) < 4.78 is 1.48. The van der Waals surface area contributed by atoms with Gasteiger partial charge in [0, 0.05) is 4.24 Å². The van der Waals surface area contributed by atoms with Crippen LogP contribution in [-0.2, 0) is 0 Å². The van der Waals surface area contributed by atoms with Gasteiger partial charge in [-0.1, -0.05) is 6.08 Å². The van der Waals surface area contributed by atoms with Crippen LogP contribution in [0.3, 0.4) is 0 Å². The van der Waals surface area contributed by atoms with E-state index in [1.54, 1.807) is 0 Å². The van der Waals surface area contributed by atoms with E-state index in [0.29, 0.717) is 0 Å². The van der Waals surface area contributed by atoms with Crippen LogP contribution in [0.2, 0.25) is 0 Å². The number of thioether (sulfide) groups is 2. The molecule has 1 aliphatic carbocycles. The molecule has 0 aromatic heterocycles. The van der Waals surface area contributed by atoms with Crippen molar-refractivity contribution >= 4 is 23.5 Å². The third kappa shape index (κ3) is 2.67. The van der Waals surface area contributed by atoms with Crippen LogP contribution in [0, 0.1) is 5.92 Å². The number of hydrogen-bond donors (Lipinski definition) is 0. The maximum absolute atomic E-state index is 2.40. The first-order valence-corrected chi connectivity index (χ1v) is 5.61. The van der Waals surface area contributed by atoms with E-state index in [4.69, 9.17) is 0 Å². The Kier molecular flexibility index (Phi) is 2.99. The van der Waals surface area contributed by atoms with Crippen molar-refractivity contribution in [3.05, 3.63) is 10.3 Å². The Morgan fingerprint density at radius 2 is 1.89 bits per heavy atom. The highest BCUT2D eigenvalue weighted by molar-refractivity contribution is 8.21. The maximum Gasteiger partial charge on any atom is 0.0358 e. The Morgan fingerprint density at radius 3 is 2.22 bits per heavy atom. The fourth-order valence-corrected chi connectivity index (χ4v) is 2.00. The summed E-state index contributed by atoms with van der Waals surface area (Å²) in [4.78, 5) is 0. The van der Waals surface area contributed by atoms with E-state index in [1.807, 2.05) is 23.5 Å². The van der Waals surface area contributed by atoms with Gasteiger partial charge in [0.2, 0.25) is 0 Å². The van der Waals surface area contributed by atoms with Gasteiger partial charge in [0.05, 0.1) is 0 Å². The SMILES string of the molecule is CSC(=CC1CC1)SC. The van der Waals surface area contributed by atoms with Gasteiger partial charge in [-0.25, -0.2) is 0 Å². The molecule has 0 aliphatic heterocycles. The first-order chi connectivity index (χ1) is 4.36. The van der Waals surface area contributed by atoms with Gasteiger partial charge >= 0.3 is 0 Å². The lowest BCUT2D eigenvalue weighted by molar-refractivity contribution is 1.13. The Balaban J connectivity index is 2.32. The van der Waals surface area contributed by atoms with Crippen LogP contribution in [0.5, 0.6) is 0 Å². The van der Waals surface area contributed by atoms with Gasteiger partial charge in [-0.15, -0.1) is 23.5 Å². The summed E-state index contributed by atoms with van der Waals surface area (Å²) in [7, 11) is 0. The molecule has 1 fully saturated rings. The third-order valence-corrected chi connectivity index (χ3v) is 3.47. The molecule has 0 unspecified atom stereocenters. The van der Waals surface area contributed by atoms with Crippen LogP contribution in [-0.4, -0.2) is 12.5 Å². The van der Waals surface area contributed by atoms with Crippen LogP contribution in [0.15, 0.2) is 10.3 Å². The highest BCUT2D eigenvalue weighted by atomic mass is 32.2. The molecule has 0 bridgehead atoms. The summed E-state index contributed by atoms with van der Waals surface area (Å²) in [5.41, 5.74) is 0. The lowest BCUT2D eigenvalue weighted by Crippen LogP contribution is -1.68. The first-order valence-electron chi connectivity index (χ1n) is 3.16. The average molecular weight is 160 g/mol. The predicted molar refractivity (Wildman–Crippen MR) is 47.8 cm³/mol. The summed E-state index contributed by atoms with van der Waals surface area (Å²) in [5, 5.41) is 0. The Morgan fingerprint density at radius 1 is 1.33 bits per heavy atom. The van der Waals surface area contributed by atoms with E-state index in [0.717, 1.165) is 5.92 Å². The van der Waals surface area contributed by atoms with E-state index < -0.39 is 0 Å². The number of rotatable bonds is 3. The molecule has 0 N–H and O–H groups in total. The van der Waals surface area contributed by atoms with E-state index >= 15 is 0 Å². The third-order valence-electron chi connectivity index (χ3n) is 1.40. The second-order valence-electron chi connectivity index (χ2n) is 2.23. The van der Waals surface area contributed by atoms with Gasteiger partial charge in [-0.3, -0.25) is 0 Å². The largest absolute Gasteiger partial charge is 0.123 e. The Hall–Kier alpha value is 0.440. The first kappa shape index (κ1) is 7.55. The van der Waals surface area contributed by atoms with Gasteiger partial charge < -0.3 is 0 Å². The standard InChI is InChI=1S/C7H12S2/c1-8-7(9-2)5-6-3-4-6/h5-6H,3-4H2,1-2H3. The molecule has 1 rings (SSSR count). The van der Waals surface area contributed by atoms with Crippen LogP contribution < -0.4 is 0 Å². The maximum atomic E-state index is 2.40. The zero-order valence-electron chi connectivity index (χ0n) is 5.89. The summed E-state index contributed by atoms with van der Waals surface area (Å²) in [6.45, 7) is 0. The van der Waals surface area contributed by atoms with E-state index in [9.17, 15) is 0 Å². The molecule has 0 aromatic rings. The summed E-state index contributed by atoms with van der Waals surface area (Å²) in [5.74, 6) is 0.930. The molecule has 0 aromatic carbocycles. The lowest BCUT2D eigenvalue weighted by Gasteiger charge is -1.95. The van der Waals surface area contributed by atoms with Crippen LogP contribution in [0.1, 0.15) is 12.8 Å². The summed E-state index contributed by atoms with van der Waals surface area (Å²) in [6.07, 6.45) is 9.53. The molecule has 1 saturated carbocycles. The van der Waals surface area contributed by atoms with Crippen molar-refractivity contribution in [1.82, 2.24) is 0 Å². The van der Waals surface area contributed by atoms with Crippen molar-refractivity contribution in [3.8, 4) is 0 Å². The normalized spacial score (nSPS) is 17.6. The molecular formula is C7H12S2. The molecule has 52 valence electrons. The molecule has 0 atom stereocenters. The minimum Gasteiger partial charge on any atom is -0.123 e. The monoisotopic (exact) mass is 160 g/mol. The van der Waals surface area contributed by atoms with Crippen molar-refractivity contribution in [2.75, 3.05) is 12.5 Å². The van der Waals surface area contributed by atoms with Gasteiger partial charge in [0.25, 0.3) is 0 Å². The van der Waals surface area contributed by atoms with E-state index in [2.05, 4.69) is 18.6 Å². The zero-order valence-corrected chi connectivity index (χ0v) is 7.52. The minimum atomic E-state index is 0.930. The second kappa shape index (κ2) is 3.57. The predicted octanol–water partition coefficient (Wildman–Crippen LogP) is 2.96. The van der Waals surface area contributed by atoms with Crippen LogP contribution in [0.4, 0.5) is 0 Å². The molecule has 0 saturated heterocycles. The second-order valence-corrected chi connectivity index (χ2v) is 4.19. The minimum absolute atomic E-state index is 0.930. The van der Waals surface area contributed by atoms with Crippen LogP contribution in [0.25, 0.3) is 0 Å². The van der Waals surface area contributed by atoms with Gasteiger partial charge in [-0.2, -0.15) is 0 Å². The smallest absolute Gasteiger partial charge is 0.0358 e. The fraction of sp³-hybridized carbons (Fsp3) is 0.714. The fourth-order valence-electron chi connectivity index (χ4n) is 0.675. The Labute approximate surface area is 65.5 Å². The van der Waals surface area contributed by atoms with E-state index in [1.165, 1.54) is 17.1 Å². The summed E-state index contributed by atoms with van der Waals surface area (Å²) in [6, 6.07) is 0. The van der Waals surface area contributed by atoms with Gasteiger partial charge in [0.1, 0.15) is 0 Å².